The summed E-state index contributed by atoms with van der Waals surface area (Å²) in [6, 6.07) is 13.3. The lowest BCUT2D eigenvalue weighted by atomic mass is 10.2. The molecule has 0 saturated heterocycles. The van der Waals surface area contributed by atoms with Crippen LogP contribution in [-0.4, -0.2) is 32.2 Å². The zero-order chi connectivity index (χ0) is 17.2. The van der Waals surface area contributed by atoms with Crippen LogP contribution in [0.4, 0.5) is 4.39 Å². The maximum atomic E-state index is 13.3. The summed E-state index contributed by atoms with van der Waals surface area (Å²) in [4.78, 5) is 4.33. The first-order valence-corrected chi connectivity index (χ1v) is 7.40. The molecule has 0 unspecified atom stereocenters. The van der Waals surface area contributed by atoms with E-state index in [0.29, 0.717) is 28.8 Å². The zero-order valence-corrected chi connectivity index (χ0v) is 13.1. The Balaban J connectivity index is 1.64. The van der Waals surface area contributed by atoms with E-state index in [9.17, 15) is 4.39 Å². The van der Waals surface area contributed by atoms with Gasteiger partial charge in [0.05, 0.1) is 19.0 Å². The molecule has 0 radical (unpaired) electrons. The van der Waals surface area contributed by atoms with E-state index >= 15 is 0 Å². The van der Waals surface area contributed by atoms with E-state index < -0.39 is 0 Å². The van der Waals surface area contributed by atoms with Gasteiger partial charge in [0.25, 0.3) is 5.89 Å². The number of rotatable bonds is 4. The second-order valence-corrected chi connectivity index (χ2v) is 5.18. The highest BCUT2D eigenvalue weighted by atomic mass is 19.1. The number of ether oxygens (including phenoxy) is 1. The van der Waals surface area contributed by atoms with Crippen molar-refractivity contribution in [2.45, 2.75) is 0 Å². The first kappa shape index (κ1) is 15.0. The van der Waals surface area contributed by atoms with Gasteiger partial charge in [0.15, 0.2) is 5.69 Å². The van der Waals surface area contributed by atoms with Gasteiger partial charge in [-0.1, -0.05) is 22.5 Å². The van der Waals surface area contributed by atoms with Gasteiger partial charge < -0.3 is 9.26 Å². The second kappa shape index (κ2) is 6.16. The van der Waals surface area contributed by atoms with Crippen LogP contribution >= 0.6 is 0 Å². The van der Waals surface area contributed by atoms with E-state index in [4.69, 9.17) is 9.26 Å². The van der Waals surface area contributed by atoms with Crippen LogP contribution in [0.25, 0.3) is 28.7 Å². The molecule has 0 bridgehead atoms. The molecule has 8 heteroatoms. The van der Waals surface area contributed by atoms with Crippen molar-refractivity contribution in [2.24, 2.45) is 0 Å². The first-order valence-electron chi connectivity index (χ1n) is 7.40. The van der Waals surface area contributed by atoms with Gasteiger partial charge in [-0.05, 0) is 36.4 Å². The van der Waals surface area contributed by atoms with Gasteiger partial charge in [0.2, 0.25) is 5.82 Å². The lowest BCUT2D eigenvalue weighted by Gasteiger charge is -1.99. The van der Waals surface area contributed by atoms with E-state index in [1.54, 1.807) is 31.5 Å². The molecule has 0 spiro atoms. The Morgan fingerprint density at radius 3 is 2.84 bits per heavy atom. The fraction of sp³-hybridized carbons (Fsp3) is 0.0588. The average Bonchev–Trinajstić information content (AvgIpc) is 3.31. The average molecular weight is 337 g/mol. The van der Waals surface area contributed by atoms with Crippen molar-refractivity contribution in [1.82, 2.24) is 25.1 Å². The lowest BCUT2D eigenvalue weighted by molar-refractivity contribution is 0.413. The second-order valence-electron chi connectivity index (χ2n) is 5.18. The SMILES string of the molecule is COc1cccc(-c2nc(-c3cn(-c4cccc(F)c4)nn3)no2)c1. The summed E-state index contributed by atoms with van der Waals surface area (Å²) in [5.41, 5.74) is 1.70. The molecule has 0 aliphatic heterocycles. The molecule has 2 aromatic carbocycles. The molecule has 124 valence electrons. The van der Waals surface area contributed by atoms with Crippen molar-refractivity contribution in [3.05, 3.63) is 60.5 Å². The molecule has 2 heterocycles. The normalized spacial score (nSPS) is 10.8. The number of hydrogen-bond acceptors (Lipinski definition) is 6. The Bertz CT molecular complexity index is 1030. The number of halogens is 1. The summed E-state index contributed by atoms with van der Waals surface area (Å²) in [7, 11) is 1.59. The molecule has 4 rings (SSSR count). The van der Waals surface area contributed by atoms with Crippen LogP contribution in [0, 0.1) is 5.82 Å². The van der Waals surface area contributed by atoms with Crippen molar-refractivity contribution in [3.63, 3.8) is 0 Å². The predicted octanol–water partition coefficient (Wildman–Crippen LogP) is 3.13. The Labute approximate surface area is 141 Å². The summed E-state index contributed by atoms with van der Waals surface area (Å²) in [6.07, 6.45) is 1.61. The van der Waals surface area contributed by atoms with Crippen LogP contribution in [0.2, 0.25) is 0 Å². The monoisotopic (exact) mass is 337 g/mol. The van der Waals surface area contributed by atoms with Crippen LogP contribution in [0.15, 0.2) is 59.3 Å². The van der Waals surface area contributed by atoms with Crippen molar-refractivity contribution in [1.29, 1.82) is 0 Å². The third kappa shape index (κ3) is 2.97. The Hall–Kier alpha value is -3.55. The largest absolute Gasteiger partial charge is 0.497 e. The summed E-state index contributed by atoms with van der Waals surface area (Å²) < 4.78 is 25.2. The summed E-state index contributed by atoms with van der Waals surface area (Å²) >= 11 is 0. The Morgan fingerprint density at radius 2 is 2.00 bits per heavy atom. The first-order chi connectivity index (χ1) is 12.2. The van der Waals surface area contributed by atoms with Crippen LogP contribution in [0.1, 0.15) is 0 Å². The lowest BCUT2D eigenvalue weighted by Crippen LogP contribution is -1.94. The van der Waals surface area contributed by atoms with Crippen LogP contribution in [-0.2, 0) is 0 Å². The highest BCUT2D eigenvalue weighted by molar-refractivity contribution is 5.58. The molecule has 0 aliphatic carbocycles. The predicted molar refractivity (Wildman–Crippen MR) is 86.6 cm³/mol. The van der Waals surface area contributed by atoms with E-state index in [1.165, 1.54) is 16.8 Å². The van der Waals surface area contributed by atoms with E-state index in [1.807, 2.05) is 18.2 Å². The van der Waals surface area contributed by atoms with Gasteiger partial charge in [-0.2, -0.15) is 4.98 Å². The van der Waals surface area contributed by atoms with E-state index in [2.05, 4.69) is 20.5 Å². The zero-order valence-electron chi connectivity index (χ0n) is 13.1. The molecule has 0 fully saturated rings. The number of nitrogens with zero attached hydrogens (tertiary/aromatic N) is 5. The Morgan fingerprint density at radius 1 is 1.12 bits per heavy atom. The standard InChI is InChI=1S/C17H12FN5O2/c1-24-14-7-2-4-11(8-14)17-19-16(21-25-17)15-10-23(22-20-15)13-6-3-5-12(18)9-13/h2-10H,1H3. The van der Waals surface area contributed by atoms with E-state index in [-0.39, 0.29) is 5.82 Å². The molecule has 0 N–H and O–H groups in total. The summed E-state index contributed by atoms with van der Waals surface area (Å²) in [5, 5.41) is 11.9. The minimum atomic E-state index is -0.352. The van der Waals surface area contributed by atoms with Gasteiger partial charge in [0.1, 0.15) is 11.6 Å². The molecular formula is C17H12FN5O2. The topological polar surface area (TPSA) is 78.9 Å². The van der Waals surface area contributed by atoms with Crippen LogP contribution in [0.3, 0.4) is 0 Å². The van der Waals surface area contributed by atoms with Gasteiger partial charge in [-0.25, -0.2) is 9.07 Å². The minimum Gasteiger partial charge on any atom is -0.497 e. The molecule has 0 saturated carbocycles. The van der Waals surface area contributed by atoms with Crippen molar-refractivity contribution in [3.8, 4) is 34.4 Å². The molecule has 4 aromatic rings. The summed E-state index contributed by atoms with van der Waals surface area (Å²) in [5.74, 6) is 0.971. The van der Waals surface area contributed by atoms with Gasteiger partial charge in [-0.15, -0.1) is 5.10 Å². The van der Waals surface area contributed by atoms with Gasteiger partial charge in [0, 0.05) is 5.56 Å². The van der Waals surface area contributed by atoms with Gasteiger partial charge >= 0.3 is 0 Å². The maximum Gasteiger partial charge on any atom is 0.258 e. The minimum absolute atomic E-state index is 0.292. The van der Waals surface area contributed by atoms with Crippen LogP contribution < -0.4 is 4.74 Å². The Kier molecular flexibility index (Phi) is 3.70. The summed E-state index contributed by atoms with van der Waals surface area (Å²) in [6.45, 7) is 0. The number of aromatic nitrogens is 5. The molecule has 0 atom stereocenters. The smallest absolute Gasteiger partial charge is 0.258 e. The fourth-order valence-electron chi connectivity index (χ4n) is 2.31. The van der Waals surface area contributed by atoms with Crippen molar-refractivity contribution >= 4 is 0 Å². The molecule has 0 amide bonds. The van der Waals surface area contributed by atoms with Crippen LogP contribution in [0.5, 0.6) is 5.75 Å². The quantitative estimate of drug-likeness (QED) is 0.569. The van der Waals surface area contributed by atoms with E-state index in [0.717, 1.165) is 5.56 Å². The molecule has 0 aliphatic rings. The van der Waals surface area contributed by atoms with Crippen molar-refractivity contribution < 1.29 is 13.7 Å². The van der Waals surface area contributed by atoms with Gasteiger partial charge in [-0.3, -0.25) is 0 Å². The highest BCUT2D eigenvalue weighted by Crippen LogP contribution is 2.24. The number of benzene rings is 2. The third-order valence-corrected chi connectivity index (χ3v) is 3.54. The molecular weight excluding hydrogens is 325 g/mol. The molecule has 7 nitrogen and oxygen atoms in total. The number of methoxy groups -OCH3 is 1. The maximum absolute atomic E-state index is 13.3. The fourth-order valence-corrected chi connectivity index (χ4v) is 2.31. The molecule has 25 heavy (non-hydrogen) atoms. The number of hydrogen-bond donors (Lipinski definition) is 0. The molecule has 2 aromatic heterocycles. The highest BCUT2D eigenvalue weighted by Gasteiger charge is 2.14. The van der Waals surface area contributed by atoms with Crippen molar-refractivity contribution in [2.75, 3.05) is 7.11 Å². The third-order valence-electron chi connectivity index (χ3n) is 3.54.